The summed E-state index contributed by atoms with van der Waals surface area (Å²) in [7, 11) is 0. The fourth-order valence-electron chi connectivity index (χ4n) is 4.30. The van der Waals surface area contributed by atoms with Gasteiger partial charge in [0, 0.05) is 18.4 Å². The number of imide groups is 1. The van der Waals surface area contributed by atoms with E-state index in [0.717, 1.165) is 62.0 Å². The molecule has 1 aromatic heterocycles. The summed E-state index contributed by atoms with van der Waals surface area (Å²) >= 11 is 0. The third-order valence-corrected chi connectivity index (χ3v) is 5.73. The number of aromatic nitrogens is 2. The predicted octanol–water partition coefficient (Wildman–Crippen LogP) is 2.02. The molecular weight excluding hydrogens is 356 g/mol. The monoisotopic (exact) mass is 384 g/mol. The van der Waals surface area contributed by atoms with Gasteiger partial charge in [-0.3, -0.25) is 19.6 Å². The Labute approximate surface area is 164 Å². The van der Waals surface area contributed by atoms with Crippen molar-refractivity contribution in [3.05, 3.63) is 29.5 Å². The molecule has 7 nitrogen and oxygen atoms in total. The van der Waals surface area contributed by atoms with E-state index in [9.17, 15) is 9.59 Å². The molecule has 0 bridgehead atoms. The Bertz CT molecular complexity index is 870. The summed E-state index contributed by atoms with van der Waals surface area (Å²) in [4.78, 5) is 23.7. The van der Waals surface area contributed by atoms with Crippen molar-refractivity contribution in [2.24, 2.45) is 0 Å². The molecule has 28 heavy (non-hydrogen) atoms. The number of aryl methyl sites for hydroxylation is 2. The number of nitrogens with zero attached hydrogens (tertiary/aromatic N) is 2. The Morgan fingerprint density at radius 2 is 2.04 bits per heavy atom. The third-order valence-electron chi connectivity index (χ3n) is 5.73. The van der Waals surface area contributed by atoms with Crippen LogP contribution in [0.25, 0.3) is 10.9 Å². The van der Waals surface area contributed by atoms with E-state index in [4.69, 9.17) is 4.74 Å². The van der Waals surface area contributed by atoms with Gasteiger partial charge in [-0.15, -0.1) is 0 Å². The molecule has 2 aliphatic rings. The summed E-state index contributed by atoms with van der Waals surface area (Å²) in [6.07, 6.45) is 5.30. The molecule has 2 amide bonds. The molecule has 0 saturated carbocycles. The number of benzene rings is 1. The van der Waals surface area contributed by atoms with Crippen LogP contribution in [-0.4, -0.2) is 47.4 Å². The number of hydrogen-bond acceptors (Lipinski definition) is 5. The number of amides is 2. The Morgan fingerprint density at radius 1 is 1.21 bits per heavy atom. The number of rotatable bonds is 6. The van der Waals surface area contributed by atoms with Crippen LogP contribution in [0.5, 0.6) is 0 Å². The van der Waals surface area contributed by atoms with Gasteiger partial charge in [0.05, 0.1) is 17.3 Å². The fourth-order valence-corrected chi connectivity index (χ4v) is 4.30. The van der Waals surface area contributed by atoms with Crippen LogP contribution in [0.1, 0.15) is 49.4 Å². The Morgan fingerprint density at radius 3 is 2.82 bits per heavy atom. The van der Waals surface area contributed by atoms with Crippen molar-refractivity contribution in [1.29, 1.82) is 0 Å². The van der Waals surface area contributed by atoms with Crippen molar-refractivity contribution in [3.8, 4) is 0 Å². The van der Waals surface area contributed by atoms with Crippen LogP contribution in [0.3, 0.4) is 0 Å². The third kappa shape index (κ3) is 3.95. The zero-order valence-corrected chi connectivity index (χ0v) is 16.4. The maximum Gasteiger partial charge on any atom is 0.251 e. The van der Waals surface area contributed by atoms with Gasteiger partial charge in [-0.25, -0.2) is 0 Å². The van der Waals surface area contributed by atoms with E-state index in [1.54, 1.807) is 4.68 Å². The van der Waals surface area contributed by atoms with Gasteiger partial charge in [-0.2, -0.15) is 5.10 Å². The van der Waals surface area contributed by atoms with Crippen molar-refractivity contribution in [1.82, 2.24) is 20.4 Å². The van der Waals surface area contributed by atoms with Gasteiger partial charge >= 0.3 is 0 Å². The van der Waals surface area contributed by atoms with Crippen molar-refractivity contribution in [2.75, 3.05) is 19.7 Å². The van der Waals surface area contributed by atoms with Gasteiger partial charge in [0.25, 0.3) is 5.91 Å². The molecule has 0 aliphatic carbocycles. The molecule has 150 valence electrons. The summed E-state index contributed by atoms with van der Waals surface area (Å²) in [6.45, 7) is 4.84. The van der Waals surface area contributed by atoms with Crippen LogP contribution in [0, 0.1) is 6.92 Å². The second kappa shape index (κ2) is 8.41. The molecule has 0 radical (unpaired) electrons. The predicted molar refractivity (Wildman–Crippen MR) is 106 cm³/mol. The highest BCUT2D eigenvalue weighted by atomic mass is 16.5. The largest absolute Gasteiger partial charge is 0.378 e. The van der Waals surface area contributed by atoms with E-state index in [0.29, 0.717) is 18.9 Å². The molecule has 2 N–H and O–H groups in total. The van der Waals surface area contributed by atoms with Crippen LogP contribution in [-0.2, 0) is 20.7 Å². The second-order valence-electron chi connectivity index (χ2n) is 7.73. The number of hydrogen-bond donors (Lipinski definition) is 2. The lowest BCUT2D eigenvalue weighted by Crippen LogP contribution is -2.42. The van der Waals surface area contributed by atoms with E-state index in [2.05, 4.69) is 21.8 Å². The number of fused-ring (bicyclic) bond motifs is 1. The van der Waals surface area contributed by atoms with Crippen molar-refractivity contribution in [2.45, 2.75) is 57.6 Å². The van der Waals surface area contributed by atoms with Gasteiger partial charge in [0.15, 0.2) is 0 Å². The Hall–Kier alpha value is -2.25. The number of carbonyl (C=O) groups is 2. The van der Waals surface area contributed by atoms with E-state index >= 15 is 0 Å². The lowest BCUT2D eigenvalue weighted by atomic mass is 10.0. The smallest absolute Gasteiger partial charge is 0.251 e. The second-order valence-corrected chi connectivity index (χ2v) is 7.73. The molecule has 1 unspecified atom stereocenters. The van der Waals surface area contributed by atoms with Crippen LogP contribution < -0.4 is 10.6 Å². The van der Waals surface area contributed by atoms with Crippen LogP contribution in [0.2, 0.25) is 0 Å². The maximum atomic E-state index is 12.3. The number of carbonyl (C=O) groups excluding carboxylic acids is 2. The zero-order chi connectivity index (χ0) is 19.5. The van der Waals surface area contributed by atoms with Crippen molar-refractivity contribution < 1.29 is 14.3 Å². The highest BCUT2D eigenvalue weighted by molar-refractivity contribution is 6.00. The minimum Gasteiger partial charge on any atom is -0.378 e. The maximum absolute atomic E-state index is 12.3. The summed E-state index contributed by atoms with van der Waals surface area (Å²) in [6, 6.07) is 5.74. The first kappa shape index (κ1) is 19.1. The van der Waals surface area contributed by atoms with Crippen molar-refractivity contribution in [3.63, 3.8) is 0 Å². The summed E-state index contributed by atoms with van der Waals surface area (Å²) < 4.78 is 7.82. The molecule has 7 heteroatoms. The average Bonchev–Trinajstić information content (AvgIpc) is 3.03. The molecule has 0 spiro atoms. The van der Waals surface area contributed by atoms with E-state index in [-0.39, 0.29) is 11.8 Å². The van der Waals surface area contributed by atoms with Gasteiger partial charge < -0.3 is 10.1 Å². The van der Waals surface area contributed by atoms with Crippen molar-refractivity contribution >= 4 is 22.7 Å². The average molecular weight is 384 g/mol. The molecule has 2 aliphatic heterocycles. The summed E-state index contributed by atoms with van der Waals surface area (Å²) in [5.41, 5.74) is 3.13. The first-order valence-electron chi connectivity index (χ1n) is 10.3. The standard InChI is InChI=1S/C21H28N4O3/c1-14-20-15(5-3-13-28-16-9-11-22-12-10-16)4-2-6-17(20)25(24-14)18-7-8-19(26)23-21(18)27/h2,4,6,16,18,22H,3,5,7-13H2,1H3,(H,23,26,27). The molecule has 1 aromatic carbocycles. The topological polar surface area (TPSA) is 85.2 Å². The summed E-state index contributed by atoms with van der Waals surface area (Å²) in [5.74, 6) is -0.467. The first-order chi connectivity index (χ1) is 13.6. The number of ether oxygens (including phenoxy) is 1. The summed E-state index contributed by atoms with van der Waals surface area (Å²) in [5, 5.41) is 11.6. The van der Waals surface area contributed by atoms with Crippen LogP contribution in [0.4, 0.5) is 0 Å². The first-order valence-corrected chi connectivity index (χ1v) is 10.3. The van der Waals surface area contributed by atoms with E-state index in [1.807, 2.05) is 19.1 Å². The van der Waals surface area contributed by atoms with E-state index < -0.39 is 6.04 Å². The molecule has 2 fully saturated rings. The number of nitrogens with one attached hydrogen (secondary N) is 2. The number of piperidine rings is 2. The Balaban J connectivity index is 1.47. The Kier molecular flexibility index (Phi) is 5.73. The minimum atomic E-state index is -0.424. The minimum absolute atomic E-state index is 0.205. The van der Waals surface area contributed by atoms with Crippen LogP contribution in [0.15, 0.2) is 18.2 Å². The van der Waals surface area contributed by atoms with Gasteiger partial charge in [-0.1, -0.05) is 12.1 Å². The highest BCUT2D eigenvalue weighted by Crippen LogP contribution is 2.29. The molecular formula is C21H28N4O3. The normalized spacial score (nSPS) is 21.2. The quantitative estimate of drug-likeness (QED) is 0.588. The fraction of sp³-hybridized carbons (Fsp3) is 0.571. The molecule has 1 atom stereocenters. The van der Waals surface area contributed by atoms with Gasteiger partial charge in [-0.05, 0) is 63.7 Å². The lowest BCUT2D eigenvalue weighted by molar-refractivity contribution is -0.135. The molecule has 2 aromatic rings. The van der Waals surface area contributed by atoms with Gasteiger partial charge in [0.1, 0.15) is 6.04 Å². The lowest BCUT2D eigenvalue weighted by Gasteiger charge is -2.23. The SMILES string of the molecule is Cc1nn(C2CCC(=O)NC2=O)c2cccc(CCCOC3CCNCC3)c12. The van der Waals surface area contributed by atoms with E-state index in [1.165, 1.54) is 5.56 Å². The van der Waals surface area contributed by atoms with Gasteiger partial charge in [0.2, 0.25) is 5.91 Å². The molecule has 4 rings (SSSR count). The zero-order valence-electron chi connectivity index (χ0n) is 16.4. The van der Waals surface area contributed by atoms with Crippen LogP contribution >= 0.6 is 0 Å². The molecule has 2 saturated heterocycles. The highest BCUT2D eigenvalue weighted by Gasteiger charge is 2.30. The molecule has 3 heterocycles.